The summed E-state index contributed by atoms with van der Waals surface area (Å²) in [4.78, 5) is 19.2. The number of benzene rings is 1. The Labute approximate surface area is 172 Å². The lowest BCUT2D eigenvalue weighted by molar-refractivity contribution is -0.181. The summed E-state index contributed by atoms with van der Waals surface area (Å²) < 4.78 is 12.4. The molecule has 3 atom stereocenters. The number of thiazole rings is 1. The number of hydrogen-bond acceptors (Lipinski definition) is 5. The minimum Gasteiger partial charge on any atom is -0.405 e. The zero-order valence-corrected chi connectivity index (χ0v) is 19.3. The SMILES string of the molecule is CO[C@H]1C(=O)N(Cc2ccccc2)[C@H]1[C@H](O[Si](C)(C)C(C)(C)C)c1nccs1. The Morgan fingerprint density at radius 1 is 1.25 bits per heavy atom. The van der Waals surface area contributed by atoms with Crippen molar-refractivity contribution in [2.75, 3.05) is 7.11 Å². The molecular weight excluding hydrogens is 388 g/mol. The van der Waals surface area contributed by atoms with Gasteiger partial charge in [0.05, 0.1) is 6.04 Å². The summed E-state index contributed by atoms with van der Waals surface area (Å²) in [5.74, 6) is 0.0109. The van der Waals surface area contributed by atoms with Gasteiger partial charge >= 0.3 is 0 Å². The van der Waals surface area contributed by atoms with E-state index in [2.05, 4.69) is 38.8 Å². The van der Waals surface area contributed by atoms with Crippen LogP contribution in [0.3, 0.4) is 0 Å². The second kappa shape index (κ2) is 8.06. The van der Waals surface area contributed by atoms with Crippen LogP contribution in [-0.4, -0.2) is 43.4 Å². The highest BCUT2D eigenvalue weighted by atomic mass is 32.1. The first kappa shape index (κ1) is 21.2. The molecule has 5 nitrogen and oxygen atoms in total. The Kier molecular flexibility index (Phi) is 6.10. The Morgan fingerprint density at radius 2 is 1.93 bits per heavy atom. The fourth-order valence-electron chi connectivity index (χ4n) is 3.20. The minimum absolute atomic E-state index is 0.0109. The molecule has 0 N–H and O–H groups in total. The van der Waals surface area contributed by atoms with Crippen LogP contribution in [0.1, 0.15) is 37.4 Å². The smallest absolute Gasteiger partial charge is 0.254 e. The third-order valence-corrected chi connectivity index (χ3v) is 11.2. The van der Waals surface area contributed by atoms with Crippen molar-refractivity contribution in [1.29, 1.82) is 0 Å². The Balaban J connectivity index is 1.93. The number of likely N-dealkylation sites (tertiary alicyclic amines) is 1. The van der Waals surface area contributed by atoms with Crippen LogP contribution in [0.5, 0.6) is 0 Å². The summed E-state index contributed by atoms with van der Waals surface area (Å²) in [6, 6.07) is 9.86. The van der Waals surface area contributed by atoms with Crippen molar-refractivity contribution < 1.29 is 14.0 Å². The van der Waals surface area contributed by atoms with Gasteiger partial charge in [-0.1, -0.05) is 51.1 Å². The Morgan fingerprint density at radius 3 is 2.46 bits per heavy atom. The number of carbonyl (C=O) groups excluding carboxylic acids is 1. The van der Waals surface area contributed by atoms with Crippen LogP contribution in [0.25, 0.3) is 0 Å². The fourth-order valence-corrected chi connectivity index (χ4v) is 5.23. The molecule has 0 spiro atoms. The topological polar surface area (TPSA) is 51.7 Å². The van der Waals surface area contributed by atoms with E-state index in [0.29, 0.717) is 6.54 Å². The lowest BCUT2D eigenvalue weighted by Crippen LogP contribution is -2.68. The van der Waals surface area contributed by atoms with Crippen molar-refractivity contribution in [2.24, 2.45) is 0 Å². The van der Waals surface area contributed by atoms with Crippen molar-refractivity contribution in [3.8, 4) is 0 Å². The van der Waals surface area contributed by atoms with Gasteiger partial charge in [-0.2, -0.15) is 0 Å². The number of nitrogens with zero attached hydrogens (tertiary/aromatic N) is 2. The maximum absolute atomic E-state index is 12.8. The molecule has 1 aliphatic rings. The summed E-state index contributed by atoms with van der Waals surface area (Å²) in [7, 11) is -0.484. The number of carbonyl (C=O) groups is 1. The molecule has 2 heterocycles. The van der Waals surface area contributed by atoms with Crippen molar-refractivity contribution in [2.45, 2.75) is 63.7 Å². The first-order valence-corrected chi connectivity index (χ1v) is 13.4. The van der Waals surface area contributed by atoms with Gasteiger partial charge in [-0.15, -0.1) is 11.3 Å². The monoisotopic (exact) mass is 418 g/mol. The van der Waals surface area contributed by atoms with Crippen LogP contribution in [0, 0.1) is 0 Å². The predicted molar refractivity (Wildman–Crippen MR) is 115 cm³/mol. The predicted octanol–water partition coefficient (Wildman–Crippen LogP) is 4.63. The van der Waals surface area contributed by atoms with Crippen LogP contribution in [0.15, 0.2) is 41.9 Å². The number of amides is 1. The molecule has 0 aliphatic carbocycles. The van der Waals surface area contributed by atoms with Crippen molar-refractivity contribution >= 4 is 25.6 Å². The molecule has 152 valence electrons. The molecule has 3 rings (SSSR count). The lowest BCUT2D eigenvalue weighted by atomic mass is 9.91. The maximum atomic E-state index is 12.8. The van der Waals surface area contributed by atoms with Gasteiger partial charge in [-0.3, -0.25) is 4.79 Å². The molecule has 1 aromatic heterocycles. The minimum atomic E-state index is -2.08. The zero-order chi connectivity index (χ0) is 20.5. The molecule has 0 radical (unpaired) electrons. The molecule has 0 bridgehead atoms. The van der Waals surface area contributed by atoms with Crippen molar-refractivity contribution in [3.63, 3.8) is 0 Å². The van der Waals surface area contributed by atoms with E-state index < -0.39 is 14.4 Å². The van der Waals surface area contributed by atoms with Crippen molar-refractivity contribution in [1.82, 2.24) is 9.88 Å². The highest BCUT2D eigenvalue weighted by molar-refractivity contribution is 7.09. The average molecular weight is 419 g/mol. The summed E-state index contributed by atoms with van der Waals surface area (Å²) >= 11 is 1.57. The molecule has 0 saturated carbocycles. The second-order valence-electron chi connectivity index (χ2n) is 8.77. The number of ether oxygens (including phenoxy) is 1. The highest BCUT2D eigenvalue weighted by Crippen LogP contribution is 2.44. The van der Waals surface area contributed by atoms with E-state index in [0.717, 1.165) is 10.6 Å². The van der Waals surface area contributed by atoms with Gasteiger partial charge in [-0.25, -0.2) is 4.98 Å². The van der Waals surface area contributed by atoms with Crippen LogP contribution >= 0.6 is 11.3 Å². The van der Waals surface area contributed by atoms with E-state index in [1.54, 1.807) is 24.6 Å². The molecule has 1 aliphatic heterocycles. The van der Waals surface area contributed by atoms with Crippen LogP contribution in [0.2, 0.25) is 18.1 Å². The van der Waals surface area contributed by atoms with Crippen LogP contribution in [0.4, 0.5) is 0 Å². The van der Waals surface area contributed by atoms with E-state index in [9.17, 15) is 4.79 Å². The Bertz CT molecular complexity index is 790. The first-order valence-electron chi connectivity index (χ1n) is 9.60. The molecule has 1 saturated heterocycles. The standard InChI is InChI=1S/C21H30N2O3SSi/c1-21(2,3)28(5,6)26-17(19-22-12-13-27-19)16-18(25-4)20(24)23(16)14-15-10-8-7-9-11-15/h7-13,16-18H,14H2,1-6H3/t16-,17-,18+/m0/s1. The van der Waals surface area contributed by atoms with Crippen LogP contribution in [-0.2, 0) is 20.5 Å². The summed E-state index contributed by atoms with van der Waals surface area (Å²) in [6.45, 7) is 11.7. The zero-order valence-electron chi connectivity index (χ0n) is 17.5. The Hall–Kier alpha value is -1.54. The van der Waals surface area contributed by atoms with Gasteiger partial charge in [0, 0.05) is 25.2 Å². The molecule has 7 heteroatoms. The van der Waals surface area contributed by atoms with Gasteiger partial charge in [0.15, 0.2) is 14.4 Å². The van der Waals surface area contributed by atoms with Gasteiger partial charge in [-0.05, 0) is 23.7 Å². The molecule has 2 aromatic rings. The molecule has 1 amide bonds. The summed E-state index contributed by atoms with van der Waals surface area (Å²) in [5.41, 5.74) is 1.10. The maximum Gasteiger partial charge on any atom is 0.254 e. The van der Waals surface area contributed by atoms with Gasteiger partial charge in [0.25, 0.3) is 5.91 Å². The highest BCUT2D eigenvalue weighted by Gasteiger charge is 2.55. The third kappa shape index (κ3) is 4.08. The quantitative estimate of drug-likeness (QED) is 0.486. The molecule has 1 aromatic carbocycles. The number of aromatic nitrogens is 1. The summed E-state index contributed by atoms with van der Waals surface area (Å²) in [6.07, 6.45) is 1.01. The normalized spacial score (nSPS) is 21.5. The van der Waals surface area contributed by atoms with E-state index >= 15 is 0 Å². The first-order chi connectivity index (χ1) is 13.2. The van der Waals surface area contributed by atoms with E-state index in [4.69, 9.17) is 9.16 Å². The number of hydrogen-bond donors (Lipinski definition) is 0. The van der Waals surface area contributed by atoms with Crippen LogP contribution < -0.4 is 0 Å². The van der Waals surface area contributed by atoms with E-state index in [1.165, 1.54) is 0 Å². The molecular formula is C21H30N2O3SSi. The van der Waals surface area contributed by atoms with Gasteiger partial charge in [0.1, 0.15) is 11.1 Å². The van der Waals surface area contributed by atoms with Gasteiger partial charge in [0.2, 0.25) is 0 Å². The molecule has 0 unspecified atom stereocenters. The fraction of sp³-hybridized carbons (Fsp3) is 0.524. The average Bonchev–Trinajstić information content (AvgIpc) is 3.17. The number of methoxy groups -OCH3 is 1. The van der Waals surface area contributed by atoms with E-state index in [1.807, 2.05) is 40.6 Å². The largest absolute Gasteiger partial charge is 0.405 e. The van der Waals surface area contributed by atoms with Gasteiger partial charge < -0.3 is 14.1 Å². The number of rotatable bonds is 7. The summed E-state index contributed by atoms with van der Waals surface area (Å²) in [5, 5.41) is 2.92. The third-order valence-electron chi connectivity index (χ3n) is 5.88. The van der Waals surface area contributed by atoms with Crippen molar-refractivity contribution in [3.05, 3.63) is 52.5 Å². The second-order valence-corrected chi connectivity index (χ2v) is 14.5. The van der Waals surface area contributed by atoms with E-state index in [-0.39, 0.29) is 23.1 Å². The molecule has 1 fully saturated rings. The number of β-lactam (4-membered cyclic amide) rings is 1. The lowest BCUT2D eigenvalue weighted by Gasteiger charge is -2.51. The molecule has 28 heavy (non-hydrogen) atoms.